The normalized spacial score (nSPS) is 24.9. The molecular formula is C29H37F3N2O2S. The fourth-order valence-corrected chi connectivity index (χ4v) is 7.05. The van der Waals surface area contributed by atoms with Crippen molar-refractivity contribution in [3.63, 3.8) is 0 Å². The average Bonchev–Trinajstić information content (AvgIpc) is 3.34. The van der Waals surface area contributed by atoms with Crippen molar-refractivity contribution in [3.8, 4) is 0 Å². The SMILES string of the molecule is O=C(O)[C@@H](CC1CC1)N1CC(c2cccc(F)c2)[C@@H](CN2CCC(CCC(F)(F)c3cccs3)CC2)C1. The van der Waals surface area contributed by atoms with Crippen molar-refractivity contribution in [2.75, 3.05) is 32.7 Å². The van der Waals surface area contributed by atoms with Gasteiger partial charge >= 0.3 is 5.97 Å². The number of hydrogen-bond donors (Lipinski definition) is 1. The predicted octanol–water partition coefficient (Wildman–Crippen LogP) is 6.44. The van der Waals surface area contributed by atoms with Crippen molar-refractivity contribution >= 4 is 17.3 Å². The summed E-state index contributed by atoms with van der Waals surface area (Å²) in [4.78, 5) is 16.8. The van der Waals surface area contributed by atoms with Crippen LogP contribution in [0.25, 0.3) is 0 Å². The van der Waals surface area contributed by atoms with Crippen LogP contribution in [0.1, 0.15) is 61.3 Å². The van der Waals surface area contributed by atoms with Crippen LogP contribution in [-0.4, -0.2) is 59.6 Å². The van der Waals surface area contributed by atoms with E-state index in [4.69, 9.17) is 0 Å². The number of likely N-dealkylation sites (tertiary alicyclic amines) is 2. The first kappa shape index (κ1) is 26.7. The number of alkyl halides is 2. The molecule has 0 spiro atoms. The zero-order chi connectivity index (χ0) is 26.0. The number of hydrogen-bond acceptors (Lipinski definition) is 4. The van der Waals surface area contributed by atoms with Crippen molar-refractivity contribution in [2.24, 2.45) is 17.8 Å². The molecule has 1 aliphatic carbocycles. The maximum absolute atomic E-state index is 14.5. The van der Waals surface area contributed by atoms with Gasteiger partial charge in [0, 0.05) is 32.0 Å². The van der Waals surface area contributed by atoms with Crippen LogP contribution in [0, 0.1) is 23.6 Å². The highest BCUT2D eigenvalue weighted by atomic mass is 32.1. The summed E-state index contributed by atoms with van der Waals surface area (Å²) < 4.78 is 43.1. The molecule has 1 unspecified atom stereocenters. The van der Waals surface area contributed by atoms with Gasteiger partial charge in [-0.25, -0.2) is 13.2 Å². The minimum atomic E-state index is -2.75. The Bertz CT molecular complexity index is 1040. The molecule has 5 rings (SSSR count). The first-order chi connectivity index (χ1) is 17.8. The van der Waals surface area contributed by atoms with E-state index in [-0.39, 0.29) is 29.0 Å². The zero-order valence-electron chi connectivity index (χ0n) is 21.2. The molecule has 1 saturated carbocycles. The Morgan fingerprint density at radius 1 is 1.08 bits per heavy atom. The molecule has 0 bridgehead atoms. The molecule has 0 radical (unpaired) electrons. The molecule has 8 heteroatoms. The third kappa shape index (κ3) is 6.76. The van der Waals surface area contributed by atoms with E-state index < -0.39 is 17.9 Å². The molecule has 3 atom stereocenters. The van der Waals surface area contributed by atoms with Gasteiger partial charge in [0.05, 0.1) is 4.88 Å². The Morgan fingerprint density at radius 3 is 2.51 bits per heavy atom. The number of halogens is 3. The summed E-state index contributed by atoms with van der Waals surface area (Å²) in [6, 6.07) is 9.46. The predicted molar refractivity (Wildman–Crippen MR) is 140 cm³/mol. The van der Waals surface area contributed by atoms with Gasteiger partial charge in [-0.2, -0.15) is 0 Å². The monoisotopic (exact) mass is 534 g/mol. The molecule has 3 heterocycles. The number of piperidine rings is 1. The molecule has 2 aliphatic heterocycles. The van der Waals surface area contributed by atoms with E-state index in [2.05, 4.69) is 9.80 Å². The second-order valence-electron chi connectivity index (χ2n) is 11.4. The molecule has 0 amide bonds. The molecule has 37 heavy (non-hydrogen) atoms. The van der Waals surface area contributed by atoms with Crippen LogP contribution in [0.4, 0.5) is 13.2 Å². The maximum Gasteiger partial charge on any atom is 0.320 e. The largest absolute Gasteiger partial charge is 0.480 e. The summed E-state index contributed by atoms with van der Waals surface area (Å²) in [5.41, 5.74) is 0.939. The van der Waals surface area contributed by atoms with E-state index in [0.29, 0.717) is 37.8 Å². The average molecular weight is 535 g/mol. The summed E-state index contributed by atoms with van der Waals surface area (Å²) in [7, 11) is 0. The van der Waals surface area contributed by atoms with E-state index in [1.807, 2.05) is 6.07 Å². The van der Waals surface area contributed by atoms with Crippen molar-refractivity contribution in [1.82, 2.24) is 9.80 Å². The highest BCUT2D eigenvalue weighted by Gasteiger charge is 2.42. The van der Waals surface area contributed by atoms with Crippen LogP contribution in [0.15, 0.2) is 41.8 Å². The minimum Gasteiger partial charge on any atom is -0.480 e. The van der Waals surface area contributed by atoms with Crippen LogP contribution in [0.2, 0.25) is 0 Å². The van der Waals surface area contributed by atoms with Gasteiger partial charge < -0.3 is 10.0 Å². The Morgan fingerprint density at radius 2 is 1.86 bits per heavy atom. The lowest BCUT2D eigenvalue weighted by Crippen LogP contribution is -2.42. The highest BCUT2D eigenvalue weighted by Crippen LogP contribution is 2.41. The molecule has 202 valence electrons. The van der Waals surface area contributed by atoms with E-state index >= 15 is 0 Å². The first-order valence-corrected chi connectivity index (χ1v) is 14.5. The lowest BCUT2D eigenvalue weighted by Gasteiger charge is -2.35. The second-order valence-corrected chi connectivity index (χ2v) is 12.3. The van der Waals surface area contributed by atoms with Gasteiger partial charge in [-0.15, -0.1) is 11.3 Å². The molecule has 3 aliphatic rings. The summed E-state index contributed by atoms with van der Waals surface area (Å²) in [5, 5.41) is 11.7. The number of carbonyl (C=O) groups is 1. The van der Waals surface area contributed by atoms with Crippen molar-refractivity contribution < 1.29 is 23.1 Å². The minimum absolute atomic E-state index is 0.0824. The van der Waals surface area contributed by atoms with Gasteiger partial charge in [0.25, 0.3) is 5.92 Å². The summed E-state index contributed by atoms with van der Waals surface area (Å²) in [6.07, 6.45) is 5.16. The molecule has 1 N–H and O–H groups in total. The van der Waals surface area contributed by atoms with E-state index in [1.165, 1.54) is 12.1 Å². The molecule has 4 nitrogen and oxygen atoms in total. The molecule has 1 aromatic heterocycles. The van der Waals surface area contributed by atoms with Crippen LogP contribution in [0.5, 0.6) is 0 Å². The third-order valence-corrected chi connectivity index (χ3v) is 9.66. The van der Waals surface area contributed by atoms with Crippen molar-refractivity contribution in [3.05, 3.63) is 58.0 Å². The van der Waals surface area contributed by atoms with E-state index in [0.717, 1.165) is 62.2 Å². The second kappa shape index (κ2) is 11.5. The standard InChI is InChI=1S/C29H37F3N2O2S/c30-24-4-1-3-22(16-24)25-19-34(26(28(35)36)15-21-6-7-21)18-23(25)17-33-12-9-20(10-13-33)8-11-29(31,32)27-5-2-14-37-27/h1-5,14,16,20-21,23,25-26H,6-13,15,17-19H2,(H,35,36)/t23-,25?,26+/m0/s1. The molecular weight excluding hydrogens is 497 g/mol. The number of benzene rings is 1. The quantitative estimate of drug-likeness (QED) is 0.360. The first-order valence-electron chi connectivity index (χ1n) is 13.6. The number of aliphatic carboxylic acids is 1. The van der Waals surface area contributed by atoms with Crippen LogP contribution in [-0.2, 0) is 10.7 Å². The zero-order valence-corrected chi connectivity index (χ0v) is 22.0. The third-order valence-electron chi connectivity index (χ3n) is 8.67. The van der Waals surface area contributed by atoms with Gasteiger partial charge in [0.1, 0.15) is 11.9 Å². The topological polar surface area (TPSA) is 43.8 Å². The molecule has 2 saturated heterocycles. The lowest BCUT2D eigenvalue weighted by molar-refractivity contribution is -0.143. The van der Waals surface area contributed by atoms with Crippen LogP contribution >= 0.6 is 11.3 Å². The summed E-state index contributed by atoms with van der Waals surface area (Å²) in [5.74, 6) is -2.66. The van der Waals surface area contributed by atoms with Crippen molar-refractivity contribution in [2.45, 2.75) is 62.8 Å². The Balaban J connectivity index is 1.19. The highest BCUT2D eigenvalue weighted by molar-refractivity contribution is 7.10. The number of thiophene rings is 1. The van der Waals surface area contributed by atoms with E-state index in [9.17, 15) is 23.1 Å². The molecule has 1 aromatic carbocycles. The maximum atomic E-state index is 14.5. The van der Waals surface area contributed by atoms with Gasteiger partial charge in [-0.05, 0) is 85.7 Å². The van der Waals surface area contributed by atoms with Crippen molar-refractivity contribution in [1.29, 1.82) is 0 Å². The van der Waals surface area contributed by atoms with E-state index in [1.54, 1.807) is 23.6 Å². The van der Waals surface area contributed by atoms with Gasteiger partial charge in [-0.3, -0.25) is 9.69 Å². The smallest absolute Gasteiger partial charge is 0.320 e. The molecule has 2 aromatic rings. The summed E-state index contributed by atoms with van der Waals surface area (Å²) in [6.45, 7) is 3.88. The number of carboxylic acids is 1. The van der Waals surface area contributed by atoms with Gasteiger partial charge in [0.2, 0.25) is 0 Å². The Labute approximate surface area is 221 Å². The fraction of sp³-hybridized carbons (Fsp3) is 0.621. The van der Waals surface area contributed by atoms with Crippen LogP contribution < -0.4 is 0 Å². The summed E-state index contributed by atoms with van der Waals surface area (Å²) >= 11 is 1.12. The Kier molecular flexibility index (Phi) is 8.27. The Hall–Kier alpha value is -1.90. The van der Waals surface area contributed by atoms with Gasteiger partial charge in [0.15, 0.2) is 0 Å². The van der Waals surface area contributed by atoms with Gasteiger partial charge in [-0.1, -0.05) is 31.0 Å². The number of rotatable bonds is 11. The number of nitrogens with zero attached hydrogens (tertiary/aromatic N) is 2. The lowest BCUT2D eigenvalue weighted by atomic mass is 9.86. The van der Waals surface area contributed by atoms with Crippen LogP contribution in [0.3, 0.4) is 0 Å². The fourth-order valence-electron chi connectivity index (χ4n) is 6.32. The molecule has 3 fully saturated rings. The number of carboxylic acid groups (broad SMARTS) is 1.